The number of nitrogens with zero attached hydrogens (tertiary/aromatic N) is 5. The van der Waals surface area contributed by atoms with Crippen LogP contribution in [0.2, 0.25) is 0 Å². The fourth-order valence-electron chi connectivity index (χ4n) is 4.05. The molecule has 166 valence electrons. The first-order valence-corrected chi connectivity index (χ1v) is 11.6. The van der Waals surface area contributed by atoms with E-state index in [4.69, 9.17) is 22.2 Å². The number of anilines is 4. The van der Waals surface area contributed by atoms with Crippen LogP contribution in [0.25, 0.3) is 0 Å². The number of aromatic nitrogens is 2. The summed E-state index contributed by atoms with van der Waals surface area (Å²) in [5.74, 6) is 2.51. The van der Waals surface area contributed by atoms with Gasteiger partial charge in [-0.05, 0) is 58.0 Å². The average Bonchev–Trinajstić information content (AvgIpc) is 3.28. The number of para-hydroxylation sites is 1. The first-order valence-electron chi connectivity index (χ1n) is 11.2. The molecule has 0 saturated carbocycles. The summed E-state index contributed by atoms with van der Waals surface area (Å²) in [7, 11) is 0. The van der Waals surface area contributed by atoms with E-state index in [1.165, 1.54) is 18.5 Å². The van der Waals surface area contributed by atoms with Gasteiger partial charge in [0.15, 0.2) is 5.11 Å². The molecular formula is C23H33N7S. The number of hydrogen-bond acceptors (Lipinski definition) is 6. The number of nitrogens with one attached hydrogen (secondary N) is 2. The van der Waals surface area contributed by atoms with E-state index < -0.39 is 0 Å². The molecule has 8 heteroatoms. The Balaban J connectivity index is 1.51. The monoisotopic (exact) mass is 439 g/mol. The largest absolute Gasteiger partial charge is 0.368 e. The molecule has 2 saturated heterocycles. The van der Waals surface area contributed by atoms with Gasteiger partial charge in [-0.25, -0.2) is 0 Å². The predicted octanol–water partition coefficient (Wildman–Crippen LogP) is 3.49. The maximum Gasteiger partial charge on any atom is 0.232 e. The third kappa shape index (κ3) is 5.76. The zero-order valence-corrected chi connectivity index (χ0v) is 19.6. The number of rotatable bonds is 4. The molecule has 0 unspecified atom stereocenters. The molecule has 0 atom stereocenters. The molecule has 31 heavy (non-hydrogen) atoms. The van der Waals surface area contributed by atoms with E-state index in [1.807, 2.05) is 0 Å². The summed E-state index contributed by atoms with van der Waals surface area (Å²) in [6.07, 6.45) is 2.42. The lowest BCUT2D eigenvalue weighted by Crippen LogP contribution is -2.47. The Bertz CT molecular complexity index is 883. The van der Waals surface area contributed by atoms with Crippen molar-refractivity contribution >= 4 is 40.6 Å². The minimum absolute atomic E-state index is 0.118. The molecule has 2 aliphatic heterocycles. The molecule has 7 nitrogen and oxygen atoms in total. The lowest BCUT2D eigenvalue weighted by molar-refractivity contribution is 0.514. The van der Waals surface area contributed by atoms with E-state index in [2.05, 4.69) is 82.5 Å². The van der Waals surface area contributed by atoms with Crippen molar-refractivity contribution in [1.82, 2.24) is 15.3 Å². The lowest BCUT2D eigenvalue weighted by atomic mass is 10.1. The number of piperazine rings is 1. The second-order valence-electron chi connectivity index (χ2n) is 9.24. The highest BCUT2D eigenvalue weighted by molar-refractivity contribution is 7.80. The van der Waals surface area contributed by atoms with Crippen LogP contribution in [0, 0.1) is 0 Å². The van der Waals surface area contributed by atoms with Gasteiger partial charge in [0.2, 0.25) is 5.95 Å². The Kier molecular flexibility index (Phi) is 6.46. The van der Waals surface area contributed by atoms with Gasteiger partial charge in [0.25, 0.3) is 0 Å². The van der Waals surface area contributed by atoms with E-state index in [1.54, 1.807) is 0 Å². The van der Waals surface area contributed by atoms with E-state index in [0.717, 1.165) is 50.9 Å². The van der Waals surface area contributed by atoms with E-state index in [0.29, 0.717) is 11.1 Å². The van der Waals surface area contributed by atoms with Crippen LogP contribution >= 0.6 is 12.2 Å². The molecule has 3 heterocycles. The van der Waals surface area contributed by atoms with Crippen LogP contribution in [0.4, 0.5) is 23.3 Å². The van der Waals surface area contributed by atoms with Crippen LogP contribution in [-0.2, 0) is 0 Å². The Labute approximate surface area is 190 Å². The molecule has 1 aromatic heterocycles. The van der Waals surface area contributed by atoms with E-state index >= 15 is 0 Å². The highest BCUT2D eigenvalue weighted by Crippen LogP contribution is 2.26. The van der Waals surface area contributed by atoms with Gasteiger partial charge in [-0.3, -0.25) is 0 Å². The zero-order valence-electron chi connectivity index (χ0n) is 18.8. The van der Waals surface area contributed by atoms with Crippen molar-refractivity contribution in [1.29, 1.82) is 0 Å². The van der Waals surface area contributed by atoms with Crippen molar-refractivity contribution in [2.45, 2.75) is 39.2 Å². The van der Waals surface area contributed by atoms with Crippen LogP contribution in [-0.4, -0.2) is 59.9 Å². The minimum Gasteiger partial charge on any atom is -0.368 e. The summed E-state index contributed by atoms with van der Waals surface area (Å²) in [5, 5.41) is 7.04. The molecule has 0 amide bonds. The average molecular weight is 440 g/mol. The molecule has 0 spiro atoms. The Morgan fingerprint density at radius 1 is 0.839 bits per heavy atom. The highest BCUT2D eigenvalue weighted by Gasteiger charge is 2.22. The highest BCUT2D eigenvalue weighted by atomic mass is 32.1. The maximum absolute atomic E-state index is 5.50. The van der Waals surface area contributed by atoms with Crippen LogP contribution in [0.5, 0.6) is 0 Å². The minimum atomic E-state index is -0.118. The smallest absolute Gasteiger partial charge is 0.232 e. The lowest BCUT2D eigenvalue weighted by Gasteiger charge is -2.37. The second kappa shape index (κ2) is 9.26. The van der Waals surface area contributed by atoms with Crippen molar-refractivity contribution in [3.05, 3.63) is 36.4 Å². The van der Waals surface area contributed by atoms with E-state index in [-0.39, 0.29) is 5.54 Å². The quantitative estimate of drug-likeness (QED) is 0.702. The van der Waals surface area contributed by atoms with Crippen molar-refractivity contribution < 1.29 is 0 Å². The normalized spacial score (nSPS) is 17.1. The SMILES string of the molecule is CC(C)(C)NC(=S)Nc1nc(N2CCCC2)cc(N2CCN(c3ccccc3)CC2)n1. The second-order valence-corrected chi connectivity index (χ2v) is 9.65. The van der Waals surface area contributed by atoms with Gasteiger partial charge in [0.05, 0.1) is 0 Å². The van der Waals surface area contributed by atoms with Gasteiger partial charge < -0.3 is 25.3 Å². The molecular weight excluding hydrogens is 406 g/mol. The maximum atomic E-state index is 5.50. The molecule has 4 rings (SSSR count). The summed E-state index contributed by atoms with van der Waals surface area (Å²) in [6, 6.07) is 12.7. The topological polar surface area (TPSA) is 59.6 Å². The fourth-order valence-corrected chi connectivity index (χ4v) is 4.45. The van der Waals surface area contributed by atoms with E-state index in [9.17, 15) is 0 Å². The van der Waals surface area contributed by atoms with Gasteiger partial charge in [-0.1, -0.05) is 18.2 Å². The summed E-state index contributed by atoms with van der Waals surface area (Å²) in [6.45, 7) is 12.1. The number of benzene rings is 1. The number of hydrogen-bond donors (Lipinski definition) is 2. The van der Waals surface area contributed by atoms with Gasteiger partial charge in [-0.2, -0.15) is 9.97 Å². The summed E-state index contributed by atoms with van der Waals surface area (Å²) < 4.78 is 0. The first kappa shape index (κ1) is 21.6. The van der Waals surface area contributed by atoms with Gasteiger partial charge in [0, 0.05) is 56.6 Å². The summed E-state index contributed by atoms with van der Waals surface area (Å²) in [5.41, 5.74) is 1.16. The van der Waals surface area contributed by atoms with Gasteiger partial charge in [-0.15, -0.1) is 0 Å². The first-order chi connectivity index (χ1) is 14.9. The van der Waals surface area contributed by atoms with Crippen molar-refractivity contribution in [3.63, 3.8) is 0 Å². The zero-order chi connectivity index (χ0) is 21.8. The summed E-state index contributed by atoms with van der Waals surface area (Å²) >= 11 is 5.50. The molecule has 2 aliphatic rings. The Morgan fingerprint density at radius 3 is 1.97 bits per heavy atom. The molecule has 0 radical (unpaired) electrons. The summed E-state index contributed by atoms with van der Waals surface area (Å²) in [4.78, 5) is 16.7. The third-order valence-electron chi connectivity index (χ3n) is 5.57. The van der Waals surface area contributed by atoms with Gasteiger partial charge >= 0.3 is 0 Å². The van der Waals surface area contributed by atoms with Crippen molar-refractivity contribution in [2.24, 2.45) is 0 Å². The van der Waals surface area contributed by atoms with Crippen LogP contribution in [0.1, 0.15) is 33.6 Å². The van der Waals surface area contributed by atoms with Crippen molar-refractivity contribution in [3.8, 4) is 0 Å². The molecule has 1 aromatic carbocycles. The fraction of sp³-hybridized carbons (Fsp3) is 0.522. The molecule has 0 bridgehead atoms. The van der Waals surface area contributed by atoms with Crippen molar-refractivity contribution in [2.75, 3.05) is 59.3 Å². The Hall–Kier alpha value is -2.61. The van der Waals surface area contributed by atoms with Gasteiger partial charge in [0.1, 0.15) is 11.6 Å². The molecule has 2 fully saturated rings. The van der Waals surface area contributed by atoms with Crippen LogP contribution in [0.15, 0.2) is 36.4 Å². The number of thiocarbonyl (C=S) groups is 1. The Morgan fingerprint density at radius 2 is 1.39 bits per heavy atom. The van der Waals surface area contributed by atoms with Crippen LogP contribution < -0.4 is 25.3 Å². The molecule has 0 aliphatic carbocycles. The standard InChI is InChI=1S/C23H33N7S/c1-23(2,3)27-22(31)26-21-24-19(29-11-7-8-12-29)17-20(25-21)30-15-13-28(14-16-30)18-9-5-4-6-10-18/h4-6,9-10,17H,7-8,11-16H2,1-3H3,(H2,24,25,26,27,31). The van der Waals surface area contributed by atoms with Crippen LogP contribution in [0.3, 0.4) is 0 Å². The predicted molar refractivity (Wildman–Crippen MR) is 133 cm³/mol. The molecule has 2 aromatic rings. The molecule has 2 N–H and O–H groups in total. The third-order valence-corrected chi connectivity index (χ3v) is 5.77.